The summed E-state index contributed by atoms with van der Waals surface area (Å²) >= 11 is 5.57. The Hall–Kier alpha value is -1.26. The van der Waals surface area contributed by atoms with Gasteiger partial charge in [-0.3, -0.25) is 10.1 Å². The summed E-state index contributed by atoms with van der Waals surface area (Å²) in [4.78, 5) is 9.35. The molecular weight excluding hydrogens is 300 g/mol. The molecule has 0 radical (unpaired) electrons. The number of halogens is 1. The Morgan fingerprint density at radius 1 is 1.47 bits per heavy atom. The molecule has 0 fully saturated rings. The smallest absolute Gasteiger partial charge is 0.290 e. The van der Waals surface area contributed by atoms with Crippen molar-refractivity contribution in [3.05, 3.63) is 33.3 Å². The molecule has 0 heterocycles. The normalized spacial score (nSPS) is 13.2. The number of hydrogen-bond donors (Lipinski definition) is 3. The van der Waals surface area contributed by atoms with Gasteiger partial charge in [0, 0.05) is 17.6 Å². The summed E-state index contributed by atoms with van der Waals surface area (Å²) in [6.45, 7) is -1.09. The second-order valence-corrected chi connectivity index (χ2v) is 5.73. The summed E-state index contributed by atoms with van der Waals surface area (Å²) < 4.78 is 25.6. The summed E-state index contributed by atoms with van der Waals surface area (Å²) in [5.74, 6) is 0. The first-order chi connectivity index (χ1) is 8.77. The molecule has 0 aliphatic carbocycles. The molecule has 0 aliphatic heterocycles. The fourth-order valence-electron chi connectivity index (χ4n) is 1.21. The maximum absolute atomic E-state index is 11.8. The third-order valence-electron chi connectivity index (χ3n) is 2.13. The largest absolute Gasteiger partial charge is 0.394 e. The standard InChI is InChI=1S/C9H11ClN2O6S/c10-6-1-2-9(8(3-6)12(15)16)19(17,18)11-4-7(14)5-13/h1-3,7,11,13-14H,4-5H2. The van der Waals surface area contributed by atoms with E-state index in [1.165, 1.54) is 6.07 Å². The molecule has 1 rings (SSSR count). The van der Waals surface area contributed by atoms with Crippen LogP contribution in [-0.2, 0) is 10.0 Å². The molecule has 10 heteroatoms. The fraction of sp³-hybridized carbons (Fsp3) is 0.333. The minimum Gasteiger partial charge on any atom is -0.394 e. The molecular formula is C9H11ClN2O6S. The van der Waals surface area contributed by atoms with Crippen LogP contribution in [0.2, 0.25) is 5.02 Å². The number of nitro groups is 1. The van der Waals surface area contributed by atoms with Crippen LogP contribution in [0.25, 0.3) is 0 Å². The van der Waals surface area contributed by atoms with Gasteiger partial charge >= 0.3 is 0 Å². The van der Waals surface area contributed by atoms with Gasteiger partial charge in [-0.2, -0.15) is 0 Å². The topological polar surface area (TPSA) is 130 Å². The number of aliphatic hydroxyl groups excluding tert-OH is 2. The molecule has 3 N–H and O–H groups in total. The van der Waals surface area contributed by atoms with Crippen molar-refractivity contribution in [1.29, 1.82) is 0 Å². The minimum atomic E-state index is -4.18. The van der Waals surface area contributed by atoms with E-state index in [0.29, 0.717) is 0 Å². The monoisotopic (exact) mass is 310 g/mol. The highest BCUT2D eigenvalue weighted by Gasteiger charge is 2.26. The van der Waals surface area contributed by atoms with E-state index in [-0.39, 0.29) is 5.02 Å². The first kappa shape index (κ1) is 15.8. The van der Waals surface area contributed by atoms with Crippen molar-refractivity contribution < 1.29 is 23.6 Å². The Bertz CT molecular complexity index is 576. The van der Waals surface area contributed by atoms with Crippen molar-refractivity contribution in [1.82, 2.24) is 4.72 Å². The average molecular weight is 311 g/mol. The van der Waals surface area contributed by atoms with Crippen LogP contribution in [0.1, 0.15) is 0 Å². The third kappa shape index (κ3) is 4.11. The molecule has 1 aromatic rings. The molecule has 0 saturated carbocycles. The first-order valence-corrected chi connectivity index (χ1v) is 6.86. The van der Waals surface area contributed by atoms with Crippen molar-refractivity contribution in [2.75, 3.05) is 13.2 Å². The summed E-state index contributed by atoms with van der Waals surface area (Å²) in [5.41, 5.74) is -0.668. The lowest BCUT2D eigenvalue weighted by molar-refractivity contribution is -0.387. The Labute approximate surface area is 113 Å². The Morgan fingerprint density at radius 3 is 2.63 bits per heavy atom. The molecule has 1 unspecified atom stereocenters. The molecule has 0 spiro atoms. The van der Waals surface area contributed by atoms with E-state index >= 15 is 0 Å². The van der Waals surface area contributed by atoms with Crippen LogP contribution in [0.4, 0.5) is 5.69 Å². The van der Waals surface area contributed by atoms with Crippen molar-refractivity contribution in [3.8, 4) is 0 Å². The molecule has 8 nitrogen and oxygen atoms in total. The fourth-order valence-corrected chi connectivity index (χ4v) is 2.60. The quantitative estimate of drug-likeness (QED) is 0.496. The van der Waals surface area contributed by atoms with Gasteiger partial charge < -0.3 is 10.2 Å². The van der Waals surface area contributed by atoms with Gasteiger partial charge in [-0.25, -0.2) is 13.1 Å². The predicted molar refractivity (Wildman–Crippen MR) is 66.4 cm³/mol. The molecule has 1 aromatic carbocycles. The number of hydrogen-bond acceptors (Lipinski definition) is 6. The second-order valence-electron chi connectivity index (χ2n) is 3.56. The van der Waals surface area contributed by atoms with Gasteiger partial charge in [0.25, 0.3) is 5.69 Å². The number of nitro benzene ring substituents is 1. The number of benzene rings is 1. The van der Waals surface area contributed by atoms with E-state index in [1.54, 1.807) is 0 Å². The number of aliphatic hydroxyl groups is 2. The van der Waals surface area contributed by atoms with Gasteiger partial charge in [0.15, 0.2) is 4.90 Å². The Kier molecular flexibility index (Phi) is 5.20. The highest BCUT2D eigenvalue weighted by atomic mass is 35.5. The number of nitrogens with one attached hydrogen (secondary N) is 1. The average Bonchev–Trinajstić information content (AvgIpc) is 2.35. The molecule has 0 aromatic heterocycles. The van der Waals surface area contributed by atoms with Crippen LogP contribution in [0.3, 0.4) is 0 Å². The highest BCUT2D eigenvalue weighted by Crippen LogP contribution is 2.26. The van der Waals surface area contributed by atoms with Crippen LogP contribution < -0.4 is 4.72 Å². The molecule has 0 aliphatic rings. The zero-order valence-electron chi connectivity index (χ0n) is 9.48. The van der Waals surface area contributed by atoms with Crippen LogP contribution in [-0.4, -0.2) is 42.8 Å². The highest BCUT2D eigenvalue weighted by molar-refractivity contribution is 7.89. The summed E-state index contributed by atoms with van der Waals surface area (Å²) in [5, 5.41) is 28.4. The van der Waals surface area contributed by atoms with Gasteiger partial charge in [-0.1, -0.05) is 11.6 Å². The predicted octanol–water partition coefficient (Wildman–Crippen LogP) is -0.120. The molecule has 106 valence electrons. The molecule has 19 heavy (non-hydrogen) atoms. The summed E-state index contributed by atoms with van der Waals surface area (Å²) in [6, 6.07) is 3.11. The van der Waals surface area contributed by atoms with Gasteiger partial charge in [0.05, 0.1) is 17.6 Å². The Morgan fingerprint density at radius 2 is 2.11 bits per heavy atom. The van der Waals surface area contributed by atoms with Crippen molar-refractivity contribution >= 4 is 27.3 Å². The van der Waals surface area contributed by atoms with E-state index in [2.05, 4.69) is 0 Å². The third-order valence-corrected chi connectivity index (χ3v) is 3.83. The number of sulfonamides is 1. The Balaban J connectivity index is 3.11. The zero-order chi connectivity index (χ0) is 14.6. The molecule has 0 saturated heterocycles. The zero-order valence-corrected chi connectivity index (χ0v) is 11.1. The van der Waals surface area contributed by atoms with E-state index in [9.17, 15) is 18.5 Å². The second kappa shape index (κ2) is 6.26. The van der Waals surface area contributed by atoms with Crippen LogP contribution in [0, 0.1) is 10.1 Å². The number of rotatable bonds is 6. The lowest BCUT2D eigenvalue weighted by Crippen LogP contribution is -2.34. The minimum absolute atomic E-state index is 0.0287. The van der Waals surface area contributed by atoms with Crippen molar-refractivity contribution in [2.45, 2.75) is 11.0 Å². The molecule has 0 bridgehead atoms. The summed E-state index contributed by atoms with van der Waals surface area (Å²) in [7, 11) is -4.18. The summed E-state index contributed by atoms with van der Waals surface area (Å²) in [6.07, 6.45) is -1.29. The van der Waals surface area contributed by atoms with Crippen LogP contribution in [0.15, 0.2) is 23.1 Å². The van der Waals surface area contributed by atoms with E-state index in [0.717, 1.165) is 12.1 Å². The van der Waals surface area contributed by atoms with Gasteiger partial charge in [0.1, 0.15) is 0 Å². The lowest BCUT2D eigenvalue weighted by atomic mass is 10.3. The molecule has 1 atom stereocenters. The van der Waals surface area contributed by atoms with E-state index in [4.69, 9.17) is 21.8 Å². The van der Waals surface area contributed by atoms with Crippen LogP contribution >= 0.6 is 11.6 Å². The van der Waals surface area contributed by atoms with Crippen molar-refractivity contribution in [3.63, 3.8) is 0 Å². The lowest BCUT2D eigenvalue weighted by Gasteiger charge is -2.10. The van der Waals surface area contributed by atoms with E-state index in [1.807, 2.05) is 4.72 Å². The first-order valence-electron chi connectivity index (χ1n) is 5.00. The SMILES string of the molecule is O=[N+]([O-])c1cc(Cl)ccc1S(=O)(=O)NCC(O)CO. The molecule has 0 amide bonds. The van der Waals surface area contributed by atoms with Gasteiger partial charge in [-0.05, 0) is 12.1 Å². The maximum atomic E-state index is 11.8. The maximum Gasteiger partial charge on any atom is 0.290 e. The van der Waals surface area contributed by atoms with Crippen molar-refractivity contribution in [2.24, 2.45) is 0 Å². The van der Waals surface area contributed by atoms with E-state index < -0.39 is 44.8 Å². The van der Waals surface area contributed by atoms with Gasteiger partial charge in [0.2, 0.25) is 10.0 Å². The van der Waals surface area contributed by atoms with Crippen LogP contribution in [0.5, 0.6) is 0 Å². The number of nitrogens with zero attached hydrogens (tertiary/aromatic N) is 1. The van der Waals surface area contributed by atoms with Gasteiger partial charge in [-0.15, -0.1) is 0 Å².